The summed E-state index contributed by atoms with van der Waals surface area (Å²) in [5.41, 5.74) is 0.949. The van der Waals surface area contributed by atoms with Gasteiger partial charge in [0.25, 0.3) is 0 Å². The van der Waals surface area contributed by atoms with E-state index >= 15 is 0 Å². The molecule has 0 spiro atoms. The van der Waals surface area contributed by atoms with Crippen molar-refractivity contribution in [2.45, 2.75) is 6.54 Å². The van der Waals surface area contributed by atoms with E-state index in [-0.39, 0.29) is 18.5 Å². The van der Waals surface area contributed by atoms with Gasteiger partial charge in [-0.25, -0.2) is 4.79 Å². The van der Waals surface area contributed by atoms with Crippen LogP contribution in [0.2, 0.25) is 0 Å². The van der Waals surface area contributed by atoms with Gasteiger partial charge in [-0.3, -0.25) is 0 Å². The first-order chi connectivity index (χ1) is 8.43. The van der Waals surface area contributed by atoms with Gasteiger partial charge in [-0.1, -0.05) is 0 Å². The largest absolute Gasteiger partial charge is 1.00 e. The summed E-state index contributed by atoms with van der Waals surface area (Å²) < 4.78 is 10.5. The van der Waals surface area contributed by atoms with Gasteiger partial charge in [0.1, 0.15) is 18.0 Å². The molecule has 0 saturated heterocycles. The monoisotopic (exact) mass is 288 g/mol. The number of nitrogens with one attached hydrogen (secondary N) is 1. The van der Waals surface area contributed by atoms with Gasteiger partial charge in [-0.15, -0.1) is 0 Å². The first kappa shape index (κ1) is 17.5. The van der Waals surface area contributed by atoms with E-state index < -0.39 is 0 Å². The Labute approximate surface area is 120 Å². The SMILES string of the molecule is COc1ccc(OC(=O)N(C)C)c(C[NH+](C)C)c1.[Cl-]. The van der Waals surface area contributed by atoms with Crippen LogP contribution in [0.4, 0.5) is 4.79 Å². The molecule has 1 aromatic carbocycles. The molecule has 0 heterocycles. The van der Waals surface area contributed by atoms with Gasteiger partial charge in [0, 0.05) is 14.1 Å². The van der Waals surface area contributed by atoms with Crippen molar-refractivity contribution >= 4 is 6.09 Å². The zero-order valence-electron chi connectivity index (χ0n) is 12.0. The average molecular weight is 289 g/mol. The van der Waals surface area contributed by atoms with E-state index in [0.717, 1.165) is 17.9 Å². The predicted octanol–water partition coefficient (Wildman–Crippen LogP) is -2.60. The summed E-state index contributed by atoms with van der Waals surface area (Å²) in [6, 6.07) is 5.44. The Bertz CT molecular complexity index is 422. The lowest BCUT2D eigenvalue weighted by molar-refractivity contribution is -0.872. The van der Waals surface area contributed by atoms with E-state index in [1.807, 2.05) is 20.2 Å². The first-order valence-corrected chi connectivity index (χ1v) is 5.79. The van der Waals surface area contributed by atoms with Crippen molar-refractivity contribution in [2.24, 2.45) is 0 Å². The summed E-state index contributed by atoms with van der Waals surface area (Å²) in [5.74, 6) is 1.34. The van der Waals surface area contributed by atoms with Crippen LogP contribution in [0.15, 0.2) is 18.2 Å². The summed E-state index contributed by atoms with van der Waals surface area (Å²) in [6.07, 6.45) is -0.379. The Kier molecular flexibility index (Phi) is 7.26. The topological polar surface area (TPSA) is 43.2 Å². The van der Waals surface area contributed by atoms with E-state index in [2.05, 4.69) is 0 Å². The summed E-state index contributed by atoms with van der Waals surface area (Å²) in [6.45, 7) is 0.757. The zero-order valence-corrected chi connectivity index (χ0v) is 12.7. The lowest BCUT2D eigenvalue weighted by Crippen LogP contribution is -3.04. The Balaban J connectivity index is 0.00000324. The van der Waals surface area contributed by atoms with Gasteiger partial charge >= 0.3 is 6.09 Å². The number of methoxy groups -OCH3 is 1. The molecule has 0 atom stereocenters. The number of amides is 1. The molecule has 0 aliphatic heterocycles. The third-order valence-electron chi connectivity index (χ3n) is 2.37. The van der Waals surface area contributed by atoms with Crippen molar-refractivity contribution < 1.29 is 31.6 Å². The number of ether oxygens (including phenoxy) is 2. The zero-order chi connectivity index (χ0) is 13.7. The molecule has 0 fully saturated rings. The third kappa shape index (κ3) is 5.36. The molecule has 1 amide bonds. The molecule has 1 aromatic rings. The molecule has 0 aliphatic rings. The maximum Gasteiger partial charge on any atom is 0.414 e. The van der Waals surface area contributed by atoms with Gasteiger partial charge in [0.2, 0.25) is 0 Å². The number of hydrogen-bond acceptors (Lipinski definition) is 3. The summed E-state index contributed by atoms with van der Waals surface area (Å²) in [5, 5.41) is 0. The third-order valence-corrected chi connectivity index (χ3v) is 2.37. The predicted molar refractivity (Wildman–Crippen MR) is 69.2 cm³/mol. The van der Waals surface area contributed by atoms with E-state index in [1.165, 1.54) is 9.80 Å². The molecular weight excluding hydrogens is 268 g/mol. The molecular formula is C13H21ClN2O3. The van der Waals surface area contributed by atoms with Crippen LogP contribution in [0.5, 0.6) is 11.5 Å². The summed E-state index contributed by atoms with van der Waals surface area (Å²) in [7, 11) is 9.01. The van der Waals surface area contributed by atoms with Crippen molar-refractivity contribution in [3.05, 3.63) is 23.8 Å². The smallest absolute Gasteiger partial charge is 0.414 e. The van der Waals surface area contributed by atoms with Crippen LogP contribution in [-0.4, -0.2) is 46.3 Å². The number of carbonyl (C=O) groups is 1. The number of quaternary nitrogens is 1. The quantitative estimate of drug-likeness (QED) is 0.661. The molecule has 19 heavy (non-hydrogen) atoms. The van der Waals surface area contributed by atoms with Crippen LogP contribution in [0.3, 0.4) is 0 Å². The minimum absolute atomic E-state index is 0. The summed E-state index contributed by atoms with van der Waals surface area (Å²) >= 11 is 0. The molecule has 0 saturated carbocycles. The van der Waals surface area contributed by atoms with Crippen molar-refractivity contribution in [3.8, 4) is 11.5 Å². The lowest BCUT2D eigenvalue weighted by Gasteiger charge is -2.15. The molecule has 5 nitrogen and oxygen atoms in total. The van der Waals surface area contributed by atoms with Crippen LogP contribution in [-0.2, 0) is 6.54 Å². The fraction of sp³-hybridized carbons (Fsp3) is 0.462. The van der Waals surface area contributed by atoms with E-state index in [1.54, 1.807) is 33.3 Å². The van der Waals surface area contributed by atoms with Gasteiger partial charge in [0.15, 0.2) is 0 Å². The minimum Gasteiger partial charge on any atom is -1.00 e. The van der Waals surface area contributed by atoms with Gasteiger partial charge in [-0.2, -0.15) is 0 Å². The van der Waals surface area contributed by atoms with Crippen LogP contribution in [0.1, 0.15) is 5.56 Å². The van der Waals surface area contributed by atoms with Crippen molar-refractivity contribution in [1.82, 2.24) is 4.90 Å². The Morgan fingerprint density at radius 1 is 1.32 bits per heavy atom. The number of nitrogens with zero attached hydrogens (tertiary/aromatic N) is 1. The molecule has 108 valence electrons. The van der Waals surface area contributed by atoms with E-state index in [4.69, 9.17) is 9.47 Å². The highest BCUT2D eigenvalue weighted by molar-refractivity contribution is 5.70. The highest BCUT2D eigenvalue weighted by Gasteiger charge is 2.13. The number of carbonyl (C=O) groups excluding carboxylic acids is 1. The fourth-order valence-electron chi connectivity index (χ4n) is 1.49. The molecule has 1 rings (SSSR count). The number of hydrogen-bond donors (Lipinski definition) is 1. The van der Waals surface area contributed by atoms with Gasteiger partial charge < -0.3 is 31.7 Å². The van der Waals surface area contributed by atoms with Crippen molar-refractivity contribution in [3.63, 3.8) is 0 Å². The number of rotatable bonds is 4. The normalized spacial score (nSPS) is 9.79. The van der Waals surface area contributed by atoms with Crippen molar-refractivity contribution in [2.75, 3.05) is 35.3 Å². The Morgan fingerprint density at radius 3 is 2.42 bits per heavy atom. The standard InChI is InChI=1S/C13H20N2O3.ClH/c1-14(2)9-10-8-11(17-5)6-7-12(10)18-13(16)15(3)4;/h6-8H,9H2,1-5H3;1H. The molecule has 0 aromatic heterocycles. The second-order valence-electron chi connectivity index (χ2n) is 4.62. The number of halogens is 1. The Morgan fingerprint density at radius 2 is 1.95 bits per heavy atom. The van der Waals surface area contributed by atoms with E-state index in [0.29, 0.717) is 5.75 Å². The highest BCUT2D eigenvalue weighted by Crippen LogP contribution is 2.24. The maximum atomic E-state index is 11.6. The van der Waals surface area contributed by atoms with Gasteiger partial charge in [-0.05, 0) is 18.2 Å². The molecule has 0 bridgehead atoms. The van der Waals surface area contributed by atoms with Crippen LogP contribution >= 0.6 is 0 Å². The van der Waals surface area contributed by atoms with E-state index in [9.17, 15) is 4.79 Å². The van der Waals surface area contributed by atoms with Crippen LogP contribution in [0, 0.1) is 0 Å². The highest BCUT2D eigenvalue weighted by atomic mass is 35.5. The molecule has 0 unspecified atom stereocenters. The van der Waals surface area contributed by atoms with Crippen molar-refractivity contribution in [1.29, 1.82) is 0 Å². The second-order valence-corrected chi connectivity index (χ2v) is 4.62. The number of benzene rings is 1. The molecule has 1 N–H and O–H groups in total. The Hall–Kier alpha value is -1.46. The molecule has 0 radical (unpaired) electrons. The fourth-order valence-corrected chi connectivity index (χ4v) is 1.49. The second kappa shape index (κ2) is 7.86. The molecule has 6 heteroatoms. The maximum absolute atomic E-state index is 11.6. The van der Waals surface area contributed by atoms with Crippen LogP contribution in [0.25, 0.3) is 0 Å². The molecule has 0 aliphatic carbocycles. The average Bonchev–Trinajstić information content (AvgIpc) is 2.30. The van der Waals surface area contributed by atoms with Gasteiger partial charge in [0.05, 0.1) is 26.8 Å². The lowest BCUT2D eigenvalue weighted by atomic mass is 10.2. The summed E-state index contributed by atoms with van der Waals surface area (Å²) in [4.78, 5) is 14.2. The minimum atomic E-state index is -0.379. The first-order valence-electron chi connectivity index (χ1n) is 5.79. The van der Waals surface area contributed by atoms with Crippen LogP contribution < -0.4 is 26.8 Å².